The number of hydrogen-bond donors (Lipinski definition) is 0. The summed E-state index contributed by atoms with van der Waals surface area (Å²) in [6.07, 6.45) is 1.99. The van der Waals surface area contributed by atoms with Gasteiger partial charge >= 0.3 is 0 Å². The Hall–Kier alpha value is -1.31. The quantitative estimate of drug-likeness (QED) is 0.763. The van der Waals surface area contributed by atoms with Crippen LogP contribution in [0.3, 0.4) is 0 Å². The number of rotatable bonds is 5. The van der Waals surface area contributed by atoms with Gasteiger partial charge in [-0.3, -0.25) is 4.79 Å². The number of aryl methyl sites for hydroxylation is 2. The molecule has 0 bridgehead atoms. The number of nitrogens with zero attached hydrogens (tertiary/aromatic N) is 1. The first-order valence-electron chi connectivity index (χ1n) is 6.52. The van der Waals surface area contributed by atoms with E-state index in [9.17, 15) is 4.79 Å². The van der Waals surface area contributed by atoms with Gasteiger partial charge < -0.3 is 4.90 Å². The first-order valence-corrected chi connectivity index (χ1v) is 6.52. The van der Waals surface area contributed by atoms with Gasteiger partial charge in [0.2, 0.25) is 0 Å². The minimum absolute atomic E-state index is 0.157. The molecule has 94 valence electrons. The molecule has 0 fully saturated rings. The summed E-state index contributed by atoms with van der Waals surface area (Å²) in [7, 11) is 0. The number of hydrogen-bond acceptors (Lipinski definition) is 1. The fourth-order valence-electron chi connectivity index (χ4n) is 2.04. The Morgan fingerprint density at radius 2 is 1.94 bits per heavy atom. The third kappa shape index (κ3) is 3.32. The maximum Gasteiger partial charge on any atom is 0.253 e. The van der Waals surface area contributed by atoms with E-state index in [2.05, 4.69) is 20.8 Å². The molecule has 2 nitrogen and oxygen atoms in total. The fraction of sp³-hybridized carbons (Fsp3) is 0.533. The van der Waals surface area contributed by atoms with Crippen LogP contribution < -0.4 is 0 Å². The Kier molecular flexibility index (Phi) is 5.20. The molecule has 0 N–H and O–H groups in total. The minimum atomic E-state index is 0.157. The van der Waals surface area contributed by atoms with Gasteiger partial charge in [0.05, 0.1) is 0 Å². The van der Waals surface area contributed by atoms with Crippen molar-refractivity contribution in [2.45, 2.75) is 40.5 Å². The Morgan fingerprint density at radius 3 is 2.47 bits per heavy atom. The van der Waals surface area contributed by atoms with Crippen molar-refractivity contribution >= 4 is 5.91 Å². The number of carbonyl (C=O) groups excluding carboxylic acids is 1. The van der Waals surface area contributed by atoms with E-state index < -0.39 is 0 Å². The van der Waals surface area contributed by atoms with E-state index in [-0.39, 0.29) is 5.91 Å². The van der Waals surface area contributed by atoms with Crippen molar-refractivity contribution in [1.29, 1.82) is 0 Å². The van der Waals surface area contributed by atoms with Gasteiger partial charge in [-0.2, -0.15) is 0 Å². The number of amides is 1. The van der Waals surface area contributed by atoms with Gasteiger partial charge in [-0.1, -0.05) is 19.9 Å². The molecule has 0 radical (unpaired) electrons. The van der Waals surface area contributed by atoms with E-state index in [1.54, 1.807) is 0 Å². The van der Waals surface area contributed by atoms with Crippen molar-refractivity contribution in [3.63, 3.8) is 0 Å². The van der Waals surface area contributed by atoms with Gasteiger partial charge in [-0.25, -0.2) is 0 Å². The summed E-state index contributed by atoms with van der Waals surface area (Å²) in [4.78, 5) is 14.2. The van der Waals surface area contributed by atoms with Crippen LogP contribution in [0.25, 0.3) is 0 Å². The lowest BCUT2D eigenvalue weighted by Crippen LogP contribution is -2.31. The molecule has 0 aliphatic rings. The molecule has 1 aromatic carbocycles. The van der Waals surface area contributed by atoms with E-state index in [4.69, 9.17) is 0 Å². The summed E-state index contributed by atoms with van der Waals surface area (Å²) in [6.45, 7) is 9.97. The molecule has 0 atom stereocenters. The largest absolute Gasteiger partial charge is 0.339 e. The molecule has 1 amide bonds. The highest BCUT2D eigenvalue weighted by molar-refractivity contribution is 5.94. The normalized spacial score (nSPS) is 10.4. The summed E-state index contributed by atoms with van der Waals surface area (Å²) in [5.41, 5.74) is 3.36. The van der Waals surface area contributed by atoms with Crippen LogP contribution in [0.2, 0.25) is 0 Å². The zero-order valence-electron chi connectivity index (χ0n) is 11.4. The third-order valence-electron chi connectivity index (χ3n) is 3.14. The topological polar surface area (TPSA) is 20.3 Å². The Morgan fingerprint density at radius 1 is 1.24 bits per heavy atom. The van der Waals surface area contributed by atoms with Crippen LogP contribution in [0, 0.1) is 6.92 Å². The van der Waals surface area contributed by atoms with Crippen LogP contribution in [-0.4, -0.2) is 23.9 Å². The van der Waals surface area contributed by atoms with E-state index in [0.717, 1.165) is 31.5 Å². The van der Waals surface area contributed by atoms with Crippen molar-refractivity contribution in [3.05, 3.63) is 34.9 Å². The zero-order chi connectivity index (χ0) is 12.8. The fourth-order valence-corrected chi connectivity index (χ4v) is 2.04. The molecule has 1 rings (SSSR count). The van der Waals surface area contributed by atoms with Gasteiger partial charge in [0.25, 0.3) is 5.91 Å². The first-order chi connectivity index (χ1) is 8.13. The average Bonchev–Trinajstić information content (AvgIpc) is 2.35. The second-order valence-electron chi connectivity index (χ2n) is 4.38. The lowest BCUT2D eigenvalue weighted by molar-refractivity contribution is 0.0764. The molecular formula is C15H23NO. The summed E-state index contributed by atoms with van der Waals surface area (Å²) in [5.74, 6) is 0.157. The number of benzene rings is 1. The van der Waals surface area contributed by atoms with Crippen molar-refractivity contribution in [2.75, 3.05) is 13.1 Å². The maximum absolute atomic E-state index is 12.3. The maximum atomic E-state index is 12.3. The molecule has 0 saturated heterocycles. The highest BCUT2D eigenvalue weighted by atomic mass is 16.2. The van der Waals surface area contributed by atoms with E-state index >= 15 is 0 Å². The summed E-state index contributed by atoms with van der Waals surface area (Å²) in [5, 5.41) is 0. The monoisotopic (exact) mass is 233 g/mol. The minimum Gasteiger partial charge on any atom is -0.339 e. The van der Waals surface area contributed by atoms with Crippen LogP contribution in [0.15, 0.2) is 18.2 Å². The predicted octanol–water partition coefficient (Wildman–Crippen LogP) is 3.43. The summed E-state index contributed by atoms with van der Waals surface area (Å²) in [6, 6.07) is 6.02. The average molecular weight is 233 g/mol. The van der Waals surface area contributed by atoms with Crippen molar-refractivity contribution < 1.29 is 4.79 Å². The van der Waals surface area contributed by atoms with Crippen LogP contribution in [0.5, 0.6) is 0 Å². The Labute approximate surface area is 105 Å². The molecule has 0 saturated carbocycles. The van der Waals surface area contributed by atoms with E-state index in [1.165, 1.54) is 11.1 Å². The first kappa shape index (κ1) is 13.8. The van der Waals surface area contributed by atoms with E-state index in [1.807, 2.05) is 30.0 Å². The van der Waals surface area contributed by atoms with Gasteiger partial charge in [-0.05, 0) is 49.9 Å². The van der Waals surface area contributed by atoms with Crippen molar-refractivity contribution in [2.24, 2.45) is 0 Å². The lowest BCUT2D eigenvalue weighted by atomic mass is 10.0. The van der Waals surface area contributed by atoms with Crippen molar-refractivity contribution in [1.82, 2.24) is 4.90 Å². The Balaban J connectivity index is 2.95. The van der Waals surface area contributed by atoms with Gasteiger partial charge in [0.15, 0.2) is 0 Å². The van der Waals surface area contributed by atoms with E-state index in [0.29, 0.717) is 0 Å². The summed E-state index contributed by atoms with van der Waals surface area (Å²) < 4.78 is 0. The molecule has 0 aliphatic heterocycles. The predicted molar refractivity (Wildman–Crippen MR) is 72.4 cm³/mol. The van der Waals surface area contributed by atoms with Gasteiger partial charge in [-0.15, -0.1) is 0 Å². The molecule has 0 heterocycles. The smallest absolute Gasteiger partial charge is 0.253 e. The molecule has 0 spiro atoms. The molecule has 0 aliphatic carbocycles. The second kappa shape index (κ2) is 6.43. The Bertz CT molecular complexity index is 385. The molecule has 17 heavy (non-hydrogen) atoms. The molecular weight excluding hydrogens is 210 g/mol. The van der Waals surface area contributed by atoms with Crippen molar-refractivity contribution in [3.8, 4) is 0 Å². The van der Waals surface area contributed by atoms with Crippen LogP contribution in [0.1, 0.15) is 48.7 Å². The highest BCUT2D eigenvalue weighted by Gasteiger charge is 2.13. The number of carbonyl (C=O) groups is 1. The zero-order valence-corrected chi connectivity index (χ0v) is 11.4. The molecule has 2 heteroatoms. The highest BCUT2D eigenvalue weighted by Crippen LogP contribution is 2.14. The molecule has 1 aromatic rings. The standard InChI is InChI=1S/C15H23NO/c1-5-10-16(7-3)15(17)14-9-8-12(4)13(6-2)11-14/h8-9,11H,5-7,10H2,1-4H3. The van der Waals surface area contributed by atoms with Gasteiger partial charge in [0.1, 0.15) is 0 Å². The van der Waals surface area contributed by atoms with Gasteiger partial charge in [0, 0.05) is 18.7 Å². The molecule has 0 aromatic heterocycles. The van der Waals surface area contributed by atoms with Crippen LogP contribution in [-0.2, 0) is 6.42 Å². The van der Waals surface area contributed by atoms with Crippen LogP contribution >= 0.6 is 0 Å². The molecule has 0 unspecified atom stereocenters. The van der Waals surface area contributed by atoms with Crippen LogP contribution in [0.4, 0.5) is 0 Å². The lowest BCUT2D eigenvalue weighted by Gasteiger charge is -2.20. The third-order valence-corrected chi connectivity index (χ3v) is 3.14. The second-order valence-corrected chi connectivity index (χ2v) is 4.38. The SMILES string of the molecule is CCCN(CC)C(=O)c1ccc(C)c(CC)c1. The summed E-state index contributed by atoms with van der Waals surface area (Å²) >= 11 is 0.